The molecule has 4 atom stereocenters. The Morgan fingerprint density at radius 3 is 2.46 bits per heavy atom. The molecule has 3 N–H and O–H groups in total. The summed E-state index contributed by atoms with van der Waals surface area (Å²) in [5, 5.41) is 3.22. The summed E-state index contributed by atoms with van der Waals surface area (Å²) in [6, 6.07) is 9.14. The van der Waals surface area contributed by atoms with E-state index in [0.717, 1.165) is 24.9 Å². The first kappa shape index (κ1) is 20.5. The fourth-order valence-electron chi connectivity index (χ4n) is 3.68. The molecule has 0 spiro atoms. The predicted molar refractivity (Wildman–Crippen MR) is 116 cm³/mol. The lowest BCUT2D eigenvalue weighted by Gasteiger charge is -2.31. The number of hydrogen-bond acceptors (Lipinski definition) is 2. The van der Waals surface area contributed by atoms with Crippen molar-refractivity contribution in [1.29, 1.82) is 0 Å². The summed E-state index contributed by atoms with van der Waals surface area (Å²) in [5.74, 6) is 1.58. The molecule has 1 aliphatic rings. The van der Waals surface area contributed by atoms with Crippen LogP contribution in [0.15, 0.2) is 60.2 Å². The summed E-state index contributed by atoms with van der Waals surface area (Å²) in [7, 11) is 1.97. The molecule has 1 aromatic carbocycles. The fraction of sp³-hybridized carbons (Fsp3) is 0.500. The maximum atomic E-state index is 6.09. The maximum Gasteiger partial charge on any atom is 0.0337 e. The van der Waals surface area contributed by atoms with Crippen LogP contribution in [-0.2, 0) is 0 Å². The lowest BCUT2D eigenvalue weighted by Crippen LogP contribution is -2.25. The van der Waals surface area contributed by atoms with Crippen LogP contribution in [0.3, 0.4) is 0 Å². The molecular formula is C24H36N2. The molecule has 0 bridgehead atoms. The zero-order valence-electron chi connectivity index (χ0n) is 16.9. The summed E-state index contributed by atoms with van der Waals surface area (Å²) in [6.07, 6.45) is 16.0. The molecule has 0 aliphatic heterocycles. The van der Waals surface area contributed by atoms with Crippen molar-refractivity contribution in [3.05, 3.63) is 65.8 Å². The molecule has 2 rings (SSSR count). The van der Waals surface area contributed by atoms with Gasteiger partial charge in [0.1, 0.15) is 0 Å². The molecule has 0 amide bonds. The van der Waals surface area contributed by atoms with Crippen LogP contribution in [0.1, 0.15) is 57.9 Å². The molecule has 4 unspecified atom stereocenters. The smallest absolute Gasteiger partial charge is 0.0337 e. The Morgan fingerprint density at radius 1 is 1.19 bits per heavy atom. The van der Waals surface area contributed by atoms with Crippen LogP contribution in [0.4, 0.5) is 5.69 Å². The molecule has 0 aromatic heterocycles. The number of anilines is 1. The van der Waals surface area contributed by atoms with E-state index in [2.05, 4.69) is 80.7 Å². The monoisotopic (exact) mass is 352 g/mol. The van der Waals surface area contributed by atoms with Crippen molar-refractivity contribution in [2.24, 2.45) is 17.6 Å². The molecule has 0 heterocycles. The maximum absolute atomic E-state index is 6.09. The first-order valence-electron chi connectivity index (χ1n) is 10.2. The summed E-state index contributed by atoms with van der Waals surface area (Å²) in [4.78, 5) is 0. The van der Waals surface area contributed by atoms with E-state index in [9.17, 15) is 0 Å². The van der Waals surface area contributed by atoms with E-state index in [-0.39, 0.29) is 6.04 Å². The second kappa shape index (κ2) is 10.4. The predicted octanol–water partition coefficient (Wildman–Crippen LogP) is 6.04. The highest BCUT2D eigenvalue weighted by molar-refractivity contribution is 5.46. The topological polar surface area (TPSA) is 38.0 Å². The Morgan fingerprint density at radius 2 is 1.92 bits per heavy atom. The van der Waals surface area contributed by atoms with Crippen LogP contribution in [0.25, 0.3) is 0 Å². The summed E-state index contributed by atoms with van der Waals surface area (Å²) < 4.78 is 0. The molecule has 1 aliphatic carbocycles. The van der Waals surface area contributed by atoms with E-state index >= 15 is 0 Å². The van der Waals surface area contributed by atoms with Crippen LogP contribution in [0, 0.1) is 11.8 Å². The molecule has 0 saturated carbocycles. The number of nitrogens with two attached hydrogens (primary N) is 1. The molecule has 0 saturated heterocycles. The second-order valence-corrected chi connectivity index (χ2v) is 7.51. The lowest BCUT2D eigenvalue weighted by molar-refractivity contribution is 0.457. The van der Waals surface area contributed by atoms with E-state index in [4.69, 9.17) is 5.73 Å². The first-order chi connectivity index (χ1) is 12.6. The van der Waals surface area contributed by atoms with Gasteiger partial charge < -0.3 is 11.1 Å². The van der Waals surface area contributed by atoms with Crippen molar-refractivity contribution in [3.8, 4) is 0 Å². The van der Waals surface area contributed by atoms with E-state index in [1.165, 1.54) is 17.6 Å². The Labute approximate surface area is 160 Å². The highest BCUT2D eigenvalue weighted by Crippen LogP contribution is 2.39. The molecular weight excluding hydrogens is 316 g/mol. The van der Waals surface area contributed by atoms with Gasteiger partial charge in [0.05, 0.1) is 0 Å². The number of allylic oxidation sites excluding steroid dienone is 5. The Hall–Kier alpha value is -1.80. The van der Waals surface area contributed by atoms with Crippen LogP contribution in [0.2, 0.25) is 0 Å². The van der Waals surface area contributed by atoms with Gasteiger partial charge in [-0.05, 0) is 48.8 Å². The summed E-state index contributed by atoms with van der Waals surface area (Å²) >= 11 is 0. The standard InChI is InChI=1S/C24H36N2/c1-5-18(3)8-7-9-19(6-2)24(20-10-14-22(25)15-11-20)21-12-16-23(26-4)17-13-21/h7-10,12-14,16-18,20,22,24,26H,5-6,11,15,25H2,1-4H3/b8-7+,19-9+. The van der Waals surface area contributed by atoms with E-state index in [1.807, 2.05) is 7.05 Å². The Balaban J connectivity index is 2.35. The molecule has 0 fully saturated rings. The van der Waals surface area contributed by atoms with Gasteiger partial charge in [-0.3, -0.25) is 0 Å². The van der Waals surface area contributed by atoms with Gasteiger partial charge in [0.25, 0.3) is 0 Å². The van der Waals surface area contributed by atoms with Crippen LogP contribution in [-0.4, -0.2) is 13.1 Å². The molecule has 2 heteroatoms. The van der Waals surface area contributed by atoms with Crippen molar-refractivity contribution in [2.75, 3.05) is 12.4 Å². The largest absolute Gasteiger partial charge is 0.388 e. The zero-order valence-corrected chi connectivity index (χ0v) is 16.9. The Kier molecular flexibility index (Phi) is 8.18. The Bertz CT molecular complexity index is 624. The van der Waals surface area contributed by atoms with Crippen molar-refractivity contribution in [1.82, 2.24) is 0 Å². The van der Waals surface area contributed by atoms with Gasteiger partial charge in [0.2, 0.25) is 0 Å². The third-order valence-electron chi connectivity index (χ3n) is 5.63. The zero-order chi connectivity index (χ0) is 18.9. The average molecular weight is 353 g/mol. The minimum Gasteiger partial charge on any atom is -0.388 e. The number of benzene rings is 1. The van der Waals surface area contributed by atoms with Crippen molar-refractivity contribution in [3.63, 3.8) is 0 Å². The van der Waals surface area contributed by atoms with Gasteiger partial charge in [-0.25, -0.2) is 0 Å². The van der Waals surface area contributed by atoms with Crippen LogP contribution >= 0.6 is 0 Å². The van der Waals surface area contributed by atoms with Gasteiger partial charge in [-0.2, -0.15) is 0 Å². The quantitative estimate of drug-likeness (QED) is 0.442. The molecule has 142 valence electrons. The van der Waals surface area contributed by atoms with Crippen molar-refractivity contribution in [2.45, 2.75) is 58.4 Å². The van der Waals surface area contributed by atoms with E-state index in [1.54, 1.807) is 0 Å². The average Bonchev–Trinajstić information content (AvgIpc) is 2.68. The number of nitrogens with one attached hydrogen (secondary N) is 1. The minimum absolute atomic E-state index is 0.220. The molecule has 26 heavy (non-hydrogen) atoms. The molecule has 0 radical (unpaired) electrons. The number of hydrogen-bond donors (Lipinski definition) is 2. The molecule has 2 nitrogen and oxygen atoms in total. The summed E-state index contributed by atoms with van der Waals surface area (Å²) in [6.45, 7) is 6.78. The SMILES string of the molecule is CC/C(=C\C=C\C(C)CC)C(c1ccc(NC)cc1)C1C=CC(N)CC1. The highest BCUT2D eigenvalue weighted by atomic mass is 14.8. The summed E-state index contributed by atoms with van der Waals surface area (Å²) in [5.41, 5.74) is 10.2. The van der Waals surface area contributed by atoms with E-state index < -0.39 is 0 Å². The first-order valence-corrected chi connectivity index (χ1v) is 10.2. The second-order valence-electron chi connectivity index (χ2n) is 7.51. The minimum atomic E-state index is 0.220. The normalized spacial score (nSPS) is 23.2. The molecule has 1 aromatic rings. The van der Waals surface area contributed by atoms with E-state index in [0.29, 0.717) is 17.8 Å². The fourth-order valence-corrected chi connectivity index (χ4v) is 3.68. The van der Waals surface area contributed by atoms with Crippen molar-refractivity contribution >= 4 is 5.69 Å². The van der Waals surface area contributed by atoms with Gasteiger partial charge >= 0.3 is 0 Å². The third-order valence-corrected chi connectivity index (χ3v) is 5.63. The van der Waals surface area contributed by atoms with Gasteiger partial charge in [0.15, 0.2) is 0 Å². The van der Waals surface area contributed by atoms with Gasteiger partial charge in [-0.1, -0.05) is 75.3 Å². The highest BCUT2D eigenvalue weighted by Gasteiger charge is 2.26. The third kappa shape index (κ3) is 5.60. The van der Waals surface area contributed by atoms with Crippen LogP contribution < -0.4 is 11.1 Å². The van der Waals surface area contributed by atoms with Crippen LogP contribution in [0.5, 0.6) is 0 Å². The van der Waals surface area contributed by atoms with Gasteiger partial charge in [0, 0.05) is 24.7 Å². The lowest BCUT2D eigenvalue weighted by atomic mass is 9.74. The van der Waals surface area contributed by atoms with Gasteiger partial charge in [-0.15, -0.1) is 0 Å². The van der Waals surface area contributed by atoms with Crippen molar-refractivity contribution < 1.29 is 0 Å². The number of rotatable bonds is 8.